The van der Waals surface area contributed by atoms with Crippen LogP contribution in [0.2, 0.25) is 0 Å². The lowest BCUT2D eigenvalue weighted by molar-refractivity contribution is -0.135. The van der Waals surface area contributed by atoms with Crippen LogP contribution in [0, 0.1) is 0 Å². The van der Waals surface area contributed by atoms with Crippen molar-refractivity contribution in [3.63, 3.8) is 0 Å². The Labute approximate surface area is 185 Å². The van der Waals surface area contributed by atoms with Crippen LogP contribution >= 0.6 is 0 Å². The number of carbonyl (C=O) groups excluding carboxylic acids is 1. The summed E-state index contributed by atoms with van der Waals surface area (Å²) in [5, 5.41) is 6.79. The second-order valence-electron chi connectivity index (χ2n) is 7.42. The Hall–Kier alpha value is -4.19. The molecule has 0 saturated carbocycles. The Morgan fingerprint density at radius 1 is 0.969 bits per heavy atom. The number of hydrazone groups is 1. The Balaban J connectivity index is 1.65. The molecule has 0 fully saturated rings. The van der Waals surface area contributed by atoms with Crippen LogP contribution in [0.4, 0.5) is 0 Å². The van der Waals surface area contributed by atoms with E-state index < -0.39 is 6.23 Å². The smallest absolute Gasteiger partial charge is 0.244 e. The number of hydrogen-bond acceptors (Lipinski definition) is 5. The molecule has 32 heavy (non-hydrogen) atoms. The average Bonchev–Trinajstić information content (AvgIpc) is 3.29. The molecular formula is C26H21N3O3. The van der Waals surface area contributed by atoms with Gasteiger partial charge in [0.2, 0.25) is 18.0 Å². The molecule has 1 aromatic heterocycles. The summed E-state index contributed by atoms with van der Waals surface area (Å²) in [5.74, 6) is 0.742. The number of aromatic nitrogens is 1. The zero-order valence-electron chi connectivity index (χ0n) is 17.7. The van der Waals surface area contributed by atoms with E-state index in [-0.39, 0.29) is 5.91 Å². The topological polar surface area (TPSA) is 64.0 Å². The van der Waals surface area contributed by atoms with Gasteiger partial charge in [-0.25, -0.2) is 4.98 Å². The fourth-order valence-electron chi connectivity index (χ4n) is 3.86. The molecule has 1 unspecified atom stereocenters. The maximum absolute atomic E-state index is 12.5. The first-order chi connectivity index (χ1) is 15.7. The summed E-state index contributed by atoms with van der Waals surface area (Å²) in [5.41, 5.74) is 4.11. The maximum Gasteiger partial charge on any atom is 0.244 e. The third-order valence-electron chi connectivity index (χ3n) is 5.39. The van der Waals surface area contributed by atoms with E-state index in [1.54, 1.807) is 7.11 Å². The van der Waals surface area contributed by atoms with Gasteiger partial charge in [0.15, 0.2) is 0 Å². The molecule has 6 heteroatoms. The minimum atomic E-state index is -0.720. The van der Waals surface area contributed by atoms with Gasteiger partial charge >= 0.3 is 0 Å². The monoisotopic (exact) mass is 423 g/mol. The summed E-state index contributed by atoms with van der Waals surface area (Å²) in [6.07, 6.45) is -0.720. The molecule has 0 N–H and O–H groups in total. The zero-order valence-corrected chi connectivity index (χ0v) is 17.7. The number of pyridine rings is 1. The van der Waals surface area contributed by atoms with E-state index in [9.17, 15) is 4.79 Å². The Morgan fingerprint density at radius 2 is 1.69 bits per heavy atom. The van der Waals surface area contributed by atoms with E-state index in [0.29, 0.717) is 17.2 Å². The lowest BCUT2D eigenvalue weighted by Gasteiger charge is -2.21. The minimum Gasteiger partial charge on any atom is -0.496 e. The summed E-state index contributed by atoms with van der Waals surface area (Å²) in [6, 6.07) is 27.2. The number of benzene rings is 3. The van der Waals surface area contributed by atoms with Crippen molar-refractivity contribution >= 4 is 22.7 Å². The van der Waals surface area contributed by atoms with E-state index in [4.69, 9.17) is 14.5 Å². The Kier molecular flexibility index (Phi) is 5.03. The van der Waals surface area contributed by atoms with Crippen molar-refractivity contribution < 1.29 is 14.3 Å². The van der Waals surface area contributed by atoms with Gasteiger partial charge in [-0.1, -0.05) is 60.7 Å². The fraction of sp³-hybridized carbons (Fsp3) is 0.115. The van der Waals surface area contributed by atoms with Crippen LogP contribution in [0.3, 0.4) is 0 Å². The molecule has 0 spiro atoms. The molecule has 1 atom stereocenters. The summed E-state index contributed by atoms with van der Waals surface area (Å²) in [7, 11) is 1.59. The van der Waals surface area contributed by atoms with Crippen LogP contribution in [-0.4, -0.2) is 28.9 Å². The van der Waals surface area contributed by atoms with E-state index in [0.717, 1.165) is 27.7 Å². The van der Waals surface area contributed by atoms with Crippen LogP contribution in [0.25, 0.3) is 22.2 Å². The number of rotatable bonds is 4. The first kappa shape index (κ1) is 19.8. The SMILES string of the molecule is COc1ccccc1C1=NN(C(C)=O)C(c2cc(-c3ccccc3)nc3ccccc23)O1. The molecule has 1 amide bonds. The van der Waals surface area contributed by atoms with E-state index in [1.807, 2.05) is 84.9 Å². The molecule has 0 aliphatic carbocycles. The lowest BCUT2D eigenvalue weighted by Crippen LogP contribution is -2.25. The van der Waals surface area contributed by atoms with Crippen LogP contribution in [0.1, 0.15) is 24.3 Å². The molecule has 6 nitrogen and oxygen atoms in total. The minimum absolute atomic E-state index is 0.220. The van der Waals surface area contributed by atoms with Crippen molar-refractivity contribution in [2.75, 3.05) is 7.11 Å². The van der Waals surface area contributed by atoms with Crippen molar-refractivity contribution in [1.82, 2.24) is 9.99 Å². The number of fused-ring (bicyclic) bond motifs is 1. The van der Waals surface area contributed by atoms with E-state index in [2.05, 4.69) is 5.10 Å². The van der Waals surface area contributed by atoms with Gasteiger partial charge in [0.05, 0.1) is 23.9 Å². The molecule has 1 aliphatic rings. The summed E-state index contributed by atoms with van der Waals surface area (Å²) in [4.78, 5) is 17.4. The van der Waals surface area contributed by atoms with Gasteiger partial charge in [0.25, 0.3) is 0 Å². The van der Waals surface area contributed by atoms with Crippen molar-refractivity contribution in [1.29, 1.82) is 0 Å². The molecule has 0 radical (unpaired) electrons. The Morgan fingerprint density at radius 3 is 2.47 bits per heavy atom. The lowest BCUT2D eigenvalue weighted by atomic mass is 10.0. The standard InChI is InChI=1S/C26H21N3O3/c1-17(30)29-26(32-25(28-29)20-13-7-9-15-24(20)31-2)21-16-23(18-10-4-3-5-11-18)27-22-14-8-6-12-19(21)22/h3-16,26H,1-2H3. The number of methoxy groups -OCH3 is 1. The van der Waals surface area contributed by atoms with Crippen LogP contribution in [0.5, 0.6) is 5.75 Å². The summed E-state index contributed by atoms with van der Waals surface area (Å²) in [6.45, 7) is 1.48. The van der Waals surface area contributed by atoms with Crippen LogP contribution in [0.15, 0.2) is 90.0 Å². The zero-order chi connectivity index (χ0) is 22.1. The number of nitrogens with zero attached hydrogens (tertiary/aromatic N) is 3. The third kappa shape index (κ3) is 3.46. The van der Waals surface area contributed by atoms with Crippen LogP contribution < -0.4 is 4.74 Å². The Bertz CT molecular complexity index is 1330. The van der Waals surface area contributed by atoms with E-state index >= 15 is 0 Å². The summed E-state index contributed by atoms with van der Waals surface area (Å²) >= 11 is 0. The van der Waals surface area contributed by atoms with Gasteiger partial charge in [0.1, 0.15) is 5.75 Å². The first-order valence-electron chi connectivity index (χ1n) is 10.3. The van der Waals surface area contributed by atoms with Gasteiger partial charge in [-0.2, -0.15) is 5.01 Å². The molecule has 5 rings (SSSR count). The van der Waals surface area contributed by atoms with Crippen LogP contribution in [-0.2, 0) is 9.53 Å². The van der Waals surface area contributed by atoms with Gasteiger partial charge in [0, 0.05) is 23.4 Å². The molecular weight excluding hydrogens is 402 g/mol. The molecule has 4 aromatic rings. The van der Waals surface area contributed by atoms with E-state index in [1.165, 1.54) is 11.9 Å². The molecule has 2 heterocycles. The molecule has 158 valence electrons. The average molecular weight is 423 g/mol. The predicted molar refractivity (Wildman–Crippen MR) is 123 cm³/mol. The second-order valence-corrected chi connectivity index (χ2v) is 7.42. The molecule has 0 saturated heterocycles. The van der Waals surface area contributed by atoms with Gasteiger partial charge in [-0.05, 0) is 24.3 Å². The van der Waals surface area contributed by atoms with Gasteiger partial charge < -0.3 is 9.47 Å². The van der Waals surface area contributed by atoms with Crippen molar-refractivity contribution in [3.8, 4) is 17.0 Å². The van der Waals surface area contributed by atoms with Gasteiger partial charge in [-0.15, -0.1) is 5.10 Å². The second kappa shape index (κ2) is 8.15. The largest absolute Gasteiger partial charge is 0.496 e. The van der Waals surface area contributed by atoms with Gasteiger partial charge in [-0.3, -0.25) is 4.79 Å². The van der Waals surface area contributed by atoms with Crippen molar-refractivity contribution in [3.05, 3.63) is 96.1 Å². The predicted octanol–water partition coefficient (Wildman–Crippen LogP) is 5.15. The molecule has 3 aromatic carbocycles. The maximum atomic E-state index is 12.5. The molecule has 1 aliphatic heterocycles. The fourth-order valence-corrected chi connectivity index (χ4v) is 3.86. The molecule has 0 bridgehead atoms. The van der Waals surface area contributed by atoms with Crippen molar-refractivity contribution in [2.24, 2.45) is 5.10 Å². The quantitative estimate of drug-likeness (QED) is 0.455. The normalized spacial score (nSPS) is 15.4. The number of carbonyl (C=O) groups is 1. The summed E-state index contributed by atoms with van der Waals surface area (Å²) < 4.78 is 11.8. The number of amides is 1. The number of hydrogen-bond donors (Lipinski definition) is 0. The highest BCUT2D eigenvalue weighted by Crippen LogP contribution is 2.37. The third-order valence-corrected chi connectivity index (χ3v) is 5.39. The highest BCUT2D eigenvalue weighted by molar-refractivity contribution is 5.99. The number of para-hydroxylation sites is 2. The highest BCUT2D eigenvalue weighted by Gasteiger charge is 2.35. The van der Waals surface area contributed by atoms with Crippen molar-refractivity contribution in [2.45, 2.75) is 13.2 Å². The number of ether oxygens (including phenoxy) is 2. The first-order valence-corrected chi connectivity index (χ1v) is 10.3. The highest BCUT2D eigenvalue weighted by atomic mass is 16.5.